The van der Waals surface area contributed by atoms with Gasteiger partial charge < -0.3 is 5.11 Å². The Morgan fingerprint density at radius 1 is 1.27 bits per heavy atom. The summed E-state index contributed by atoms with van der Waals surface area (Å²) in [6, 6.07) is 5.72. The number of halogens is 3. The van der Waals surface area contributed by atoms with Crippen molar-refractivity contribution >= 4 is 23.2 Å². The van der Waals surface area contributed by atoms with Crippen molar-refractivity contribution in [1.29, 1.82) is 0 Å². The Morgan fingerprint density at radius 2 is 1.82 bits per heavy atom. The summed E-state index contributed by atoms with van der Waals surface area (Å²) in [5.41, 5.74) is -0.136. The molecule has 0 saturated carbocycles. The summed E-state index contributed by atoms with van der Waals surface area (Å²) < 4.78 is 10.2. The van der Waals surface area contributed by atoms with Gasteiger partial charge in [-0.15, -0.1) is 0 Å². The van der Waals surface area contributed by atoms with Gasteiger partial charge in [0, 0.05) is 0 Å². The maximum Gasteiger partial charge on any atom is 0.286 e. The first-order chi connectivity index (χ1) is 5.02. The molecule has 0 saturated heterocycles. The number of para-hydroxylation sites is 1. The van der Waals surface area contributed by atoms with E-state index in [9.17, 15) is 4.39 Å². The van der Waals surface area contributed by atoms with Crippen molar-refractivity contribution in [2.45, 2.75) is 4.59 Å². The molecule has 1 aromatic carbocycles. The van der Waals surface area contributed by atoms with Gasteiger partial charge in [0.2, 0.25) is 0 Å². The molecule has 11 heavy (non-hydrogen) atoms. The number of phenols is 1. The summed E-state index contributed by atoms with van der Waals surface area (Å²) in [7, 11) is 0. The van der Waals surface area contributed by atoms with Crippen LogP contribution in [0.15, 0.2) is 24.3 Å². The van der Waals surface area contributed by atoms with Gasteiger partial charge in [0.25, 0.3) is 4.59 Å². The van der Waals surface area contributed by atoms with Crippen molar-refractivity contribution in [2.75, 3.05) is 0 Å². The first-order valence-electron chi connectivity index (χ1n) is 2.87. The van der Waals surface area contributed by atoms with Gasteiger partial charge in [-0.2, -0.15) is 0 Å². The van der Waals surface area contributed by atoms with E-state index in [0.29, 0.717) is 0 Å². The van der Waals surface area contributed by atoms with Crippen LogP contribution in [0.4, 0.5) is 4.39 Å². The van der Waals surface area contributed by atoms with Crippen molar-refractivity contribution in [3.8, 4) is 5.75 Å². The largest absolute Gasteiger partial charge is 0.507 e. The summed E-state index contributed by atoms with van der Waals surface area (Å²) in [4.78, 5) is 0. The van der Waals surface area contributed by atoms with Crippen LogP contribution in [-0.2, 0) is 4.59 Å². The lowest BCUT2D eigenvalue weighted by Crippen LogP contribution is -2.00. The van der Waals surface area contributed by atoms with Gasteiger partial charge in [-0.25, -0.2) is 4.39 Å². The lowest BCUT2D eigenvalue weighted by molar-refractivity contribution is 0.381. The van der Waals surface area contributed by atoms with E-state index >= 15 is 0 Å². The maximum atomic E-state index is 12.8. The second kappa shape index (κ2) is 2.88. The third kappa shape index (κ3) is 1.98. The molecule has 0 radical (unpaired) electrons. The van der Waals surface area contributed by atoms with Gasteiger partial charge in [0.1, 0.15) is 5.75 Å². The Labute approximate surface area is 73.4 Å². The minimum Gasteiger partial charge on any atom is -0.507 e. The molecule has 0 aliphatic rings. The standard InChI is InChI=1S/C7H5Cl2FO/c8-7(9,10)5-3-1-2-4-6(5)11/h1-4,11H. The summed E-state index contributed by atoms with van der Waals surface area (Å²) in [5.74, 6) is -0.250. The fraction of sp³-hybridized carbons (Fsp3) is 0.143. The Hall–Kier alpha value is -0.470. The molecule has 1 aromatic rings. The van der Waals surface area contributed by atoms with Crippen LogP contribution in [0, 0.1) is 0 Å². The molecule has 0 aliphatic carbocycles. The highest BCUT2D eigenvalue weighted by atomic mass is 35.5. The summed E-state index contributed by atoms with van der Waals surface area (Å²) in [5, 5.41) is 9.04. The van der Waals surface area contributed by atoms with Gasteiger partial charge in [0.05, 0.1) is 5.56 Å². The Morgan fingerprint density at radius 3 is 2.18 bits per heavy atom. The fourth-order valence-corrected chi connectivity index (χ4v) is 1.03. The predicted octanol–water partition coefficient (Wildman–Crippen LogP) is 2.95. The Balaban J connectivity index is 3.14. The van der Waals surface area contributed by atoms with Crippen LogP contribution in [0.25, 0.3) is 0 Å². The van der Waals surface area contributed by atoms with Gasteiger partial charge in [0.15, 0.2) is 0 Å². The SMILES string of the molecule is Oc1ccccc1C(F)(Cl)Cl. The first-order valence-corrected chi connectivity index (χ1v) is 3.62. The zero-order valence-electron chi connectivity index (χ0n) is 5.39. The zero-order chi connectivity index (χ0) is 8.48. The molecule has 0 aliphatic heterocycles. The van der Waals surface area contributed by atoms with E-state index in [4.69, 9.17) is 28.3 Å². The van der Waals surface area contributed by atoms with E-state index in [1.807, 2.05) is 0 Å². The normalized spacial score (nSPS) is 11.5. The average molecular weight is 195 g/mol. The van der Waals surface area contributed by atoms with Crippen molar-refractivity contribution in [3.63, 3.8) is 0 Å². The van der Waals surface area contributed by atoms with Gasteiger partial charge in [-0.3, -0.25) is 0 Å². The predicted molar refractivity (Wildman–Crippen MR) is 42.6 cm³/mol. The number of hydrogen-bond donors (Lipinski definition) is 1. The monoisotopic (exact) mass is 194 g/mol. The average Bonchev–Trinajstić information content (AvgIpc) is 1.86. The molecule has 0 atom stereocenters. The number of benzene rings is 1. The molecule has 1 rings (SSSR count). The number of hydrogen-bond acceptors (Lipinski definition) is 1. The molecule has 1 nitrogen and oxygen atoms in total. The quantitative estimate of drug-likeness (QED) is 0.683. The highest BCUT2D eigenvalue weighted by Crippen LogP contribution is 2.39. The third-order valence-corrected chi connectivity index (χ3v) is 1.62. The van der Waals surface area contributed by atoms with E-state index in [1.54, 1.807) is 6.07 Å². The summed E-state index contributed by atoms with van der Waals surface area (Å²) in [6.45, 7) is 0. The van der Waals surface area contributed by atoms with Crippen LogP contribution in [-0.4, -0.2) is 5.11 Å². The van der Waals surface area contributed by atoms with E-state index in [1.165, 1.54) is 18.2 Å². The molecule has 0 spiro atoms. The van der Waals surface area contributed by atoms with Gasteiger partial charge in [-0.05, 0) is 12.1 Å². The van der Waals surface area contributed by atoms with Gasteiger partial charge in [-0.1, -0.05) is 35.3 Å². The van der Waals surface area contributed by atoms with Crippen LogP contribution in [0.5, 0.6) is 5.75 Å². The number of rotatable bonds is 1. The lowest BCUT2D eigenvalue weighted by Gasteiger charge is -2.10. The van der Waals surface area contributed by atoms with E-state index in [2.05, 4.69) is 0 Å². The number of phenolic OH excluding ortho intramolecular Hbond substituents is 1. The van der Waals surface area contributed by atoms with Gasteiger partial charge >= 0.3 is 0 Å². The third-order valence-electron chi connectivity index (χ3n) is 1.21. The molecule has 60 valence electrons. The maximum absolute atomic E-state index is 12.8. The van der Waals surface area contributed by atoms with Crippen molar-refractivity contribution in [2.24, 2.45) is 0 Å². The minimum absolute atomic E-state index is 0.136. The lowest BCUT2D eigenvalue weighted by atomic mass is 10.2. The number of aromatic hydroxyl groups is 1. The first kappa shape index (κ1) is 8.62. The number of alkyl halides is 3. The summed E-state index contributed by atoms with van der Waals surface area (Å²) >= 11 is 10.2. The molecule has 0 unspecified atom stereocenters. The van der Waals surface area contributed by atoms with Crippen LogP contribution in [0.3, 0.4) is 0 Å². The molecular weight excluding hydrogens is 190 g/mol. The highest BCUT2D eigenvalue weighted by molar-refractivity contribution is 6.46. The fourth-order valence-electron chi connectivity index (χ4n) is 0.713. The van der Waals surface area contributed by atoms with Crippen LogP contribution in [0.1, 0.15) is 5.56 Å². The highest BCUT2D eigenvalue weighted by Gasteiger charge is 2.27. The molecule has 0 bridgehead atoms. The smallest absolute Gasteiger partial charge is 0.286 e. The van der Waals surface area contributed by atoms with Crippen LogP contribution in [0.2, 0.25) is 0 Å². The molecule has 4 heteroatoms. The Kier molecular flexibility index (Phi) is 2.25. The second-order valence-corrected chi connectivity index (χ2v) is 3.25. The molecule has 0 aromatic heterocycles. The summed E-state index contributed by atoms with van der Waals surface area (Å²) in [6.07, 6.45) is 0. The van der Waals surface area contributed by atoms with E-state index < -0.39 is 4.59 Å². The van der Waals surface area contributed by atoms with E-state index in [0.717, 1.165) is 0 Å². The van der Waals surface area contributed by atoms with E-state index in [-0.39, 0.29) is 11.3 Å². The van der Waals surface area contributed by atoms with Crippen molar-refractivity contribution in [1.82, 2.24) is 0 Å². The molecule has 0 fully saturated rings. The van der Waals surface area contributed by atoms with Crippen LogP contribution >= 0.6 is 23.2 Å². The topological polar surface area (TPSA) is 20.2 Å². The van der Waals surface area contributed by atoms with Crippen LogP contribution < -0.4 is 0 Å². The molecule has 0 amide bonds. The van der Waals surface area contributed by atoms with Crippen molar-refractivity contribution in [3.05, 3.63) is 29.8 Å². The molecule has 1 N–H and O–H groups in total. The Bertz CT molecular complexity index is 257. The second-order valence-electron chi connectivity index (χ2n) is 2.01. The molecular formula is C7H5Cl2FO. The molecule has 0 heterocycles. The zero-order valence-corrected chi connectivity index (χ0v) is 6.90. The minimum atomic E-state index is -2.52. The van der Waals surface area contributed by atoms with Crippen molar-refractivity contribution < 1.29 is 9.50 Å².